The first-order chi connectivity index (χ1) is 15.7. The number of benzene rings is 2. The molecule has 0 saturated heterocycles. The molecule has 0 fully saturated rings. The quantitative estimate of drug-likeness (QED) is 0.181. The molecule has 0 spiro atoms. The molecule has 1 aromatic heterocycles. The van der Waals surface area contributed by atoms with Gasteiger partial charge in [0, 0.05) is 10.8 Å². The lowest BCUT2D eigenvalue weighted by molar-refractivity contribution is -0.659. The number of pyridine rings is 1. The third-order valence-electron chi connectivity index (χ3n) is 5.19. The van der Waals surface area contributed by atoms with Gasteiger partial charge in [0.1, 0.15) is 31.0 Å². The van der Waals surface area contributed by atoms with Crippen molar-refractivity contribution in [2.45, 2.75) is 37.9 Å². The molecule has 10 heteroatoms. The summed E-state index contributed by atoms with van der Waals surface area (Å²) < 4.78 is 1.60. The highest BCUT2D eigenvalue weighted by atomic mass is 16.4. The molecule has 0 aliphatic heterocycles. The second-order valence-electron chi connectivity index (χ2n) is 7.55. The fraction of sp³-hybridized carbons (Fsp3) is 0.391. The number of aliphatic hydroxyl groups excluding tert-OH is 5. The maximum Gasteiger partial charge on any atom is 0.197 e. The van der Waals surface area contributed by atoms with Crippen LogP contribution in [0.2, 0.25) is 0 Å². The monoisotopic (exact) mass is 462 g/mol. The first kappa shape index (κ1) is 26.4. The number of likely N-dealkylation sites (N-methyl/N-ethyl adjacent to an activating group) is 1. The van der Waals surface area contributed by atoms with Crippen molar-refractivity contribution in [3.8, 4) is 0 Å². The predicted octanol–water partition coefficient (Wildman–Crippen LogP) is -3.09. The zero-order chi connectivity index (χ0) is 24.5. The number of nitrogens with two attached hydrogens (primary N) is 1. The van der Waals surface area contributed by atoms with Gasteiger partial charge in [-0.2, -0.15) is 0 Å². The van der Waals surface area contributed by atoms with E-state index in [0.717, 1.165) is 6.54 Å². The van der Waals surface area contributed by atoms with Crippen LogP contribution in [-0.2, 0) is 11.3 Å². The van der Waals surface area contributed by atoms with Gasteiger partial charge in [-0.3, -0.25) is 4.79 Å². The number of aliphatic hydroxyl groups is 5. The van der Waals surface area contributed by atoms with Crippen LogP contribution in [0, 0.1) is 0 Å². The Morgan fingerprint density at radius 3 is 1.88 bits per heavy atom. The number of carbonyl (C=O) groups is 1. The van der Waals surface area contributed by atoms with Crippen LogP contribution in [0.4, 0.5) is 0 Å². The highest BCUT2D eigenvalue weighted by Crippen LogP contribution is 2.18. The van der Waals surface area contributed by atoms with Gasteiger partial charge >= 0.3 is 0 Å². The van der Waals surface area contributed by atoms with Crippen LogP contribution >= 0.6 is 0 Å². The third kappa shape index (κ3) is 6.57. The lowest BCUT2D eigenvalue weighted by atomic mass is 10.0. The highest BCUT2D eigenvalue weighted by Gasteiger charge is 2.30. The Morgan fingerprint density at radius 2 is 1.42 bits per heavy atom. The molecule has 0 saturated carbocycles. The molecule has 1 heterocycles. The maximum atomic E-state index is 12.3. The Hall–Kier alpha value is -2.86. The van der Waals surface area contributed by atoms with Crippen LogP contribution in [0.15, 0.2) is 53.3 Å². The largest absolute Gasteiger partial charge is 0.548 e. The summed E-state index contributed by atoms with van der Waals surface area (Å²) in [5.74, 6) is -1.18. The number of fused-ring (bicyclic) bond motifs is 2. The van der Waals surface area contributed by atoms with Gasteiger partial charge in [-0.05, 0) is 31.2 Å². The minimum absolute atomic E-state index is 0.0826. The Kier molecular flexibility index (Phi) is 9.92. The van der Waals surface area contributed by atoms with Crippen LogP contribution in [-0.4, -0.2) is 80.2 Å². The van der Waals surface area contributed by atoms with Gasteiger partial charge in [0.15, 0.2) is 5.43 Å². The molecule has 10 nitrogen and oxygen atoms in total. The van der Waals surface area contributed by atoms with Crippen LogP contribution in [0.3, 0.4) is 0 Å². The van der Waals surface area contributed by atoms with Crippen molar-refractivity contribution in [3.63, 3.8) is 0 Å². The highest BCUT2D eigenvalue weighted by molar-refractivity contribution is 5.94. The number of aliphatic carboxylic acids is 1. The fourth-order valence-electron chi connectivity index (χ4n) is 3.42. The summed E-state index contributed by atoms with van der Waals surface area (Å²) in [4.78, 5) is 23.3. The number of carboxylic acid groups (broad SMARTS) is 1. The summed E-state index contributed by atoms with van der Waals surface area (Å²) in [6, 6.07) is 14.0. The number of para-hydroxylation sites is 2. The molecule has 3 aromatic rings. The maximum absolute atomic E-state index is 12.3. The molecule has 0 aliphatic carbocycles. The van der Waals surface area contributed by atoms with E-state index >= 15 is 0 Å². The Bertz CT molecular complexity index is 1060. The van der Waals surface area contributed by atoms with Crippen LogP contribution in [0.5, 0.6) is 0 Å². The summed E-state index contributed by atoms with van der Waals surface area (Å²) in [6.45, 7) is 1.96. The molecular formula is C23H30N2O8. The van der Waals surface area contributed by atoms with Gasteiger partial charge < -0.3 is 45.3 Å². The zero-order valence-corrected chi connectivity index (χ0v) is 18.2. The van der Waals surface area contributed by atoms with Crippen molar-refractivity contribution >= 4 is 27.8 Å². The first-order valence-electron chi connectivity index (χ1n) is 10.6. The van der Waals surface area contributed by atoms with Crippen molar-refractivity contribution in [1.82, 2.24) is 4.57 Å². The van der Waals surface area contributed by atoms with Gasteiger partial charge in [-0.1, -0.05) is 24.3 Å². The molecule has 2 aromatic carbocycles. The van der Waals surface area contributed by atoms with Gasteiger partial charge in [-0.25, -0.2) is 0 Å². The minimum atomic E-state index is -1.53. The zero-order valence-electron chi connectivity index (χ0n) is 18.2. The first-order valence-corrected chi connectivity index (χ1v) is 10.6. The second-order valence-corrected chi connectivity index (χ2v) is 7.55. The number of carbonyl (C=O) groups excluding carboxylic acids is 1. The van der Waals surface area contributed by atoms with Crippen molar-refractivity contribution in [2.75, 3.05) is 19.7 Å². The number of quaternary nitrogens is 1. The van der Waals surface area contributed by atoms with E-state index in [4.69, 9.17) is 10.2 Å². The molecule has 7 N–H and O–H groups in total. The van der Waals surface area contributed by atoms with E-state index in [1.165, 1.54) is 0 Å². The normalized spacial score (nSPS) is 14.8. The number of hydrogen-bond acceptors (Lipinski definition) is 8. The number of rotatable bonds is 9. The van der Waals surface area contributed by atoms with Crippen LogP contribution in [0.25, 0.3) is 21.8 Å². The van der Waals surface area contributed by atoms with E-state index in [1.807, 2.05) is 6.92 Å². The Morgan fingerprint density at radius 1 is 0.939 bits per heavy atom. The van der Waals surface area contributed by atoms with E-state index < -0.39 is 37.0 Å². The van der Waals surface area contributed by atoms with E-state index in [0.29, 0.717) is 21.8 Å². The number of aromatic nitrogens is 1. The molecular weight excluding hydrogens is 432 g/mol. The van der Waals surface area contributed by atoms with Crippen LogP contribution < -0.4 is 15.9 Å². The minimum Gasteiger partial charge on any atom is -0.548 e. The molecule has 180 valence electrons. The summed E-state index contributed by atoms with van der Waals surface area (Å²) >= 11 is 0. The van der Waals surface area contributed by atoms with Gasteiger partial charge in [0.2, 0.25) is 0 Å². The van der Waals surface area contributed by atoms with Crippen LogP contribution in [0.1, 0.15) is 6.92 Å². The molecule has 0 bridgehead atoms. The fourth-order valence-corrected chi connectivity index (χ4v) is 3.42. The molecule has 0 aliphatic rings. The summed E-state index contributed by atoms with van der Waals surface area (Å²) in [5, 5.41) is 59.1. The number of carboxylic acids is 1. The Balaban J connectivity index is 0.000000248. The predicted molar refractivity (Wildman–Crippen MR) is 119 cm³/mol. The second kappa shape index (κ2) is 12.4. The van der Waals surface area contributed by atoms with E-state index in [2.05, 4.69) is 0 Å². The number of hydrogen-bond donors (Lipinski definition) is 6. The lowest BCUT2D eigenvalue weighted by Crippen LogP contribution is -2.86. The van der Waals surface area contributed by atoms with Crippen molar-refractivity contribution in [1.29, 1.82) is 0 Å². The lowest BCUT2D eigenvalue weighted by Gasteiger charge is -2.24. The number of nitrogens with zero attached hydrogens (tertiary/aromatic N) is 1. The molecule has 0 unspecified atom stereocenters. The summed E-state index contributed by atoms with van der Waals surface area (Å²) in [6.07, 6.45) is -5.52. The molecule has 3 rings (SSSR count). The van der Waals surface area contributed by atoms with Crippen molar-refractivity contribution in [3.05, 3.63) is 58.8 Å². The topological polar surface area (TPSA) is 180 Å². The average molecular weight is 462 g/mol. The van der Waals surface area contributed by atoms with E-state index in [1.54, 1.807) is 58.4 Å². The summed E-state index contributed by atoms with van der Waals surface area (Å²) in [5.41, 5.74) is 1.13. The summed E-state index contributed by atoms with van der Waals surface area (Å²) in [7, 11) is 0. The van der Waals surface area contributed by atoms with Crippen molar-refractivity contribution < 1.29 is 40.8 Å². The van der Waals surface area contributed by atoms with Gasteiger partial charge in [0.05, 0.1) is 36.7 Å². The molecule has 0 amide bonds. The van der Waals surface area contributed by atoms with Crippen molar-refractivity contribution in [2.24, 2.45) is 0 Å². The average Bonchev–Trinajstić information content (AvgIpc) is 2.83. The third-order valence-corrected chi connectivity index (χ3v) is 5.19. The Labute approximate surface area is 190 Å². The SMILES string of the molecule is CC[NH2+]C[C@@H](O)[C@H](O)[C@H](O)[C@@H](O)CO.O=C([O-])Cn1c2ccccc2c(=O)c2ccccc21. The smallest absolute Gasteiger partial charge is 0.197 e. The standard InChI is InChI=1S/C15H11NO3.C8H19NO5/c17-14(18)9-16-12-7-3-1-5-10(12)15(19)11-6-2-4-8-13(11)16;1-2-9-3-5(11)7(13)8(14)6(12)4-10/h1-8H,9H2,(H,17,18);5-14H,2-4H2,1H3/t;5-,6+,7+,8-/m.1/s1. The van der Waals surface area contributed by atoms with E-state index in [-0.39, 0.29) is 18.5 Å². The van der Waals surface area contributed by atoms with E-state index in [9.17, 15) is 30.0 Å². The molecule has 33 heavy (non-hydrogen) atoms. The van der Waals surface area contributed by atoms with Gasteiger partial charge in [-0.15, -0.1) is 0 Å². The molecule has 4 atom stereocenters. The van der Waals surface area contributed by atoms with Gasteiger partial charge in [0.25, 0.3) is 0 Å². The molecule has 0 radical (unpaired) electrons.